The van der Waals surface area contributed by atoms with Gasteiger partial charge in [0, 0.05) is 0 Å². The lowest BCUT2D eigenvalue weighted by atomic mass is 9.78. The van der Waals surface area contributed by atoms with Gasteiger partial charge >= 0.3 is 0 Å². The molecule has 112 valence electrons. The molecule has 3 rings (SSSR count). The normalized spacial score (nSPS) is 13.9. The molecule has 0 atom stereocenters. The molecule has 22 heavy (non-hydrogen) atoms. The highest BCUT2D eigenvalue weighted by Gasteiger charge is 2.25. The summed E-state index contributed by atoms with van der Waals surface area (Å²) in [6.07, 6.45) is 1.00. The van der Waals surface area contributed by atoms with Crippen LogP contribution in [-0.4, -0.2) is 7.85 Å². The lowest BCUT2D eigenvalue weighted by molar-refractivity contribution is 0.589. The van der Waals surface area contributed by atoms with E-state index in [0.717, 1.165) is 11.9 Å². The summed E-state index contributed by atoms with van der Waals surface area (Å²) >= 11 is 0. The van der Waals surface area contributed by atoms with Crippen molar-refractivity contribution in [1.82, 2.24) is 0 Å². The Labute approximate surface area is 136 Å². The molecule has 0 aromatic heterocycles. The van der Waals surface area contributed by atoms with Crippen LogP contribution in [0.25, 0.3) is 11.1 Å². The first-order chi connectivity index (χ1) is 10.1. The molecule has 0 bridgehead atoms. The van der Waals surface area contributed by atoms with E-state index in [1.165, 1.54) is 33.4 Å². The van der Waals surface area contributed by atoms with E-state index in [1.807, 2.05) is 0 Å². The van der Waals surface area contributed by atoms with E-state index >= 15 is 0 Å². The summed E-state index contributed by atoms with van der Waals surface area (Å²) in [5.74, 6) is 0. The van der Waals surface area contributed by atoms with Gasteiger partial charge < -0.3 is 0 Å². The minimum absolute atomic E-state index is 0.133. The molecular weight excluding hydrogens is 263 g/mol. The Morgan fingerprint density at radius 2 is 1.36 bits per heavy atom. The molecule has 0 heterocycles. The second-order valence-corrected chi connectivity index (χ2v) is 8.65. The monoisotopic (exact) mass is 288 g/mol. The standard InChI is InChI=1S/C21H25B/c1-20(2,3)15-7-8-17-13(10-15)9-14-11-16(21(4,5)6)12-18(22)19(14)17/h7-8,10-12H,9H2,1-6H3. The fourth-order valence-corrected chi connectivity index (χ4v) is 3.28. The van der Waals surface area contributed by atoms with Crippen LogP contribution in [0, 0.1) is 0 Å². The first-order valence-electron chi connectivity index (χ1n) is 8.14. The largest absolute Gasteiger partial charge is 0.114 e. The maximum atomic E-state index is 6.41. The van der Waals surface area contributed by atoms with Crippen molar-refractivity contribution in [2.24, 2.45) is 0 Å². The van der Waals surface area contributed by atoms with Gasteiger partial charge in [-0.15, -0.1) is 0 Å². The molecule has 0 nitrogen and oxygen atoms in total. The maximum absolute atomic E-state index is 6.41. The van der Waals surface area contributed by atoms with Crippen LogP contribution in [-0.2, 0) is 17.3 Å². The van der Waals surface area contributed by atoms with E-state index in [0.29, 0.717) is 0 Å². The van der Waals surface area contributed by atoms with Crippen molar-refractivity contribution in [3.05, 3.63) is 52.6 Å². The Kier molecular flexibility index (Phi) is 3.32. The van der Waals surface area contributed by atoms with Crippen molar-refractivity contribution in [3.8, 4) is 11.1 Å². The van der Waals surface area contributed by atoms with Crippen LogP contribution in [0.3, 0.4) is 0 Å². The molecule has 0 saturated heterocycles. The highest BCUT2D eigenvalue weighted by Crippen LogP contribution is 2.39. The molecule has 2 aromatic carbocycles. The summed E-state index contributed by atoms with van der Waals surface area (Å²) in [7, 11) is 6.41. The molecule has 0 amide bonds. The highest BCUT2D eigenvalue weighted by atomic mass is 14.3. The third-order valence-electron chi connectivity index (χ3n) is 4.74. The molecule has 0 spiro atoms. The molecule has 2 radical (unpaired) electrons. The Balaban J connectivity index is 2.13. The van der Waals surface area contributed by atoms with Crippen LogP contribution in [0.5, 0.6) is 0 Å². The van der Waals surface area contributed by atoms with E-state index < -0.39 is 0 Å². The topological polar surface area (TPSA) is 0 Å². The van der Waals surface area contributed by atoms with E-state index in [1.54, 1.807) is 0 Å². The van der Waals surface area contributed by atoms with Gasteiger partial charge in [0.25, 0.3) is 0 Å². The van der Waals surface area contributed by atoms with Crippen LogP contribution < -0.4 is 5.46 Å². The summed E-state index contributed by atoms with van der Waals surface area (Å²) < 4.78 is 0. The summed E-state index contributed by atoms with van der Waals surface area (Å²) in [5.41, 5.74) is 9.34. The molecule has 1 aliphatic carbocycles. The fraction of sp³-hybridized carbons (Fsp3) is 0.429. The van der Waals surface area contributed by atoms with Gasteiger partial charge in [0.05, 0.1) is 0 Å². The zero-order valence-electron chi connectivity index (χ0n) is 14.7. The lowest BCUT2D eigenvalue weighted by Gasteiger charge is -2.22. The second-order valence-electron chi connectivity index (χ2n) is 8.65. The summed E-state index contributed by atoms with van der Waals surface area (Å²) in [5, 5.41) is 0. The van der Waals surface area contributed by atoms with Crippen molar-refractivity contribution in [1.29, 1.82) is 0 Å². The predicted octanol–water partition coefficient (Wildman–Crippen LogP) is 4.65. The summed E-state index contributed by atoms with van der Waals surface area (Å²) in [6, 6.07) is 11.4. The smallest absolute Gasteiger partial charge is 0.0884 e. The highest BCUT2D eigenvalue weighted by molar-refractivity contribution is 6.36. The lowest BCUT2D eigenvalue weighted by Crippen LogP contribution is -2.17. The Morgan fingerprint density at radius 1 is 0.773 bits per heavy atom. The predicted molar refractivity (Wildman–Crippen MR) is 97.5 cm³/mol. The van der Waals surface area contributed by atoms with Gasteiger partial charge in [-0.2, -0.15) is 0 Å². The molecular formula is C21H25B. The van der Waals surface area contributed by atoms with Gasteiger partial charge in [0.2, 0.25) is 0 Å². The van der Waals surface area contributed by atoms with Gasteiger partial charge in [-0.05, 0) is 50.6 Å². The molecule has 0 unspecified atom stereocenters. The summed E-state index contributed by atoms with van der Waals surface area (Å²) in [6.45, 7) is 13.5. The Bertz CT molecular complexity index is 740. The minimum atomic E-state index is 0.133. The van der Waals surface area contributed by atoms with Crippen LogP contribution in [0.2, 0.25) is 0 Å². The number of hydrogen-bond acceptors (Lipinski definition) is 0. The van der Waals surface area contributed by atoms with E-state index in [-0.39, 0.29) is 10.8 Å². The van der Waals surface area contributed by atoms with Gasteiger partial charge in [-0.1, -0.05) is 77.3 Å². The number of fused-ring (bicyclic) bond motifs is 3. The molecule has 1 heteroatoms. The molecule has 0 aliphatic heterocycles. The van der Waals surface area contributed by atoms with Crippen LogP contribution in [0.1, 0.15) is 63.8 Å². The van der Waals surface area contributed by atoms with E-state index in [4.69, 9.17) is 7.85 Å². The van der Waals surface area contributed by atoms with Crippen LogP contribution in [0.4, 0.5) is 0 Å². The van der Waals surface area contributed by atoms with Crippen molar-refractivity contribution in [3.63, 3.8) is 0 Å². The molecule has 1 aliphatic rings. The van der Waals surface area contributed by atoms with Crippen LogP contribution in [0.15, 0.2) is 30.3 Å². The van der Waals surface area contributed by atoms with Gasteiger partial charge in [-0.25, -0.2) is 0 Å². The maximum Gasteiger partial charge on any atom is 0.114 e. The molecule has 0 saturated carbocycles. The molecule has 0 fully saturated rings. The molecule has 0 N–H and O–H groups in total. The van der Waals surface area contributed by atoms with E-state index in [9.17, 15) is 0 Å². The Morgan fingerprint density at radius 3 is 1.95 bits per heavy atom. The Hall–Kier alpha value is -1.50. The second kappa shape index (κ2) is 4.75. The van der Waals surface area contributed by atoms with Gasteiger partial charge in [0.15, 0.2) is 0 Å². The van der Waals surface area contributed by atoms with Crippen molar-refractivity contribution >= 4 is 13.3 Å². The number of benzene rings is 2. The molecule has 2 aromatic rings. The van der Waals surface area contributed by atoms with Gasteiger partial charge in [-0.3, -0.25) is 0 Å². The number of hydrogen-bond donors (Lipinski definition) is 0. The number of rotatable bonds is 0. The van der Waals surface area contributed by atoms with Crippen molar-refractivity contribution in [2.75, 3.05) is 0 Å². The zero-order chi connectivity index (χ0) is 16.3. The first-order valence-corrected chi connectivity index (χ1v) is 8.14. The minimum Gasteiger partial charge on any atom is -0.0884 e. The van der Waals surface area contributed by atoms with Crippen molar-refractivity contribution in [2.45, 2.75) is 58.8 Å². The third-order valence-corrected chi connectivity index (χ3v) is 4.74. The first kappa shape index (κ1) is 15.4. The average molecular weight is 288 g/mol. The van der Waals surface area contributed by atoms with Crippen LogP contribution >= 0.6 is 0 Å². The average Bonchev–Trinajstić information content (AvgIpc) is 2.74. The zero-order valence-corrected chi connectivity index (χ0v) is 14.7. The SMILES string of the molecule is [B]c1cc(C(C)(C)C)cc2c1-c1ccc(C(C)(C)C)cc1C2. The summed E-state index contributed by atoms with van der Waals surface area (Å²) in [4.78, 5) is 0. The van der Waals surface area contributed by atoms with Gasteiger partial charge in [0.1, 0.15) is 7.85 Å². The van der Waals surface area contributed by atoms with E-state index in [2.05, 4.69) is 71.9 Å². The third kappa shape index (κ3) is 2.51. The quantitative estimate of drug-likeness (QED) is 0.528. The van der Waals surface area contributed by atoms with Crippen molar-refractivity contribution < 1.29 is 0 Å². The fourth-order valence-electron chi connectivity index (χ4n) is 3.28.